The van der Waals surface area contributed by atoms with Gasteiger partial charge in [0, 0.05) is 58.2 Å². The SMILES string of the molecule is C.CC(=O)c1ccccc1.CCC12COCCN1c1nc(CC(=O)c3ccccc3)ncc1N(C)C2=O.CCC12COCCN1c1nc(Cl)ncc1N(C)C2=O.CCC12COCCN1c1nc(S(C)(=O)=O)ncc1N(C)C2=O. The van der Waals surface area contributed by atoms with Gasteiger partial charge < -0.3 is 43.6 Å². The molecule has 6 aliphatic heterocycles. The molecule has 416 valence electrons. The zero-order valence-electron chi connectivity index (χ0n) is 44.4. The van der Waals surface area contributed by atoms with Crippen molar-refractivity contribution in [2.75, 3.05) is 116 Å². The van der Waals surface area contributed by atoms with Crippen molar-refractivity contribution in [3.8, 4) is 0 Å². The Bertz CT molecular complexity index is 3160. The number of carbonyl (C=O) groups excluding carboxylic acids is 5. The third kappa shape index (κ3) is 10.9. The summed E-state index contributed by atoms with van der Waals surface area (Å²) in [4.78, 5) is 97.7. The fourth-order valence-corrected chi connectivity index (χ4v) is 11.0. The van der Waals surface area contributed by atoms with Crippen LogP contribution in [0.1, 0.15) is 80.9 Å². The first kappa shape index (κ1) is 58.6. The molecule has 24 heteroatoms. The van der Waals surface area contributed by atoms with Crippen LogP contribution >= 0.6 is 11.6 Å². The van der Waals surface area contributed by atoms with Gasteiger partial charge in [0.05, 0.1) is 64.7 Å². The molecule has 5 aromatic rings. The third-order valence-corrected chi connectivity index (χ3v) is 15.9. The summed E-state index contributed by atoms with van der Waals surface area (Å²) in [6.45, 7) is 11.7. The standard InChI is InChI=1S/C20H22N4O3.C13H18N4O4S.C12H15ClN4O2.C8H8O.CH4/c1-3-20-13-27-10-9-24(20)18-15(23(2)19(20)26)12-21-17(22-18)11-16(25)14-7-5-4-6-8-14;1-4-13-8-21-6-5-17(13)10-9(16(2)11(13)18)7-14-12(15-10)22(3,19)20;1-3-12-7-19-5-4-17(12)9-8(16(2)10(12)18)6-14-11(13)15-9;1-7(9)8-5-3-2-4-6-8;/h4-8,12H,3,9-11,13H2,1-2H3;7H,4-6,8H2,1-3H3;6H,3-5,7H2,1-2H3;2-6H,1H3;1H4. The number of ketones is 2. The first-order valence-corrected chi connectivity index (χ1v) is 27.6. The summed E-state index contributed by atoms with van der Waals surface area (Å²) in [6.07, 6.45) is 7.66. The molecule has 78 heavy (non-hydrogen) atoms. The van der Waals surface area contributed by atoms with Crippen molar-refractivity contribution in [2.45, 2.75) is 82.6 Å². The van der Waals surface area contributed by atoms with Gasteiger partial charge in [-0.25, -0.2) is 28.4 Å². The maximum absolute atomic E-state index is 13.0. The zero-order chi connectivity index (χ0) is 55.5. The number of aromatic nitrogens is 6. The molecule has 0 bridgehead atoms. The van der Waals surface area contributed by atoms with E-state index in [9.17, 15) is 32.4 Å². The van der Waals surface area contributed by atoms with Gasteiger partial charge in [0.2, 0.25) is 20.3 Å². The lowest BCUT2D eigenvalue weighted by Crippen LogP contribution is -2.68. The molecule has 0 N–H and O–H groups in total. The number of fused-ring (bicyclic) bond motifs is 9. The number of rotatable bonds is 8. The van der Waals surface area contributed by atoms with Gasteiger partial charge in [0.1, 0.15) is 39.5 Å². The number of ether oxygens (including phenoxy) is 3. The molecular formula is C54H67ClN12O10S. The minimum Gasteiger partial charge on any atom is -0.377 e. The predicted molar refractivity (Wildman–Crippen MR) is 296 cm³/mol. The van der Waals surface area contributed by atoms with E-state index in [4.69, 9.17) is 25.8 Å². The fourth-order valence-electron chi connectivity index (χ4n) is 10.3. The van der Waals surface area contributed by atoms with E-state index in [2.05, 4.69) is 29.9 Å². The molecule has 3 unspecified atom stereocenters. The van der Waals surface area contributed by atoms with E-state index in [1.807, 2.05) is 84.0 Å². The van der Waals surface area contributed by atoms with Crippen LogP contribution in [0.5, 0.6) is 0 Å². The maximum atomic E-state index is 13.0. The first-order valence-electron chi connectivity index (χ1n) is 25.3. The molecule has 3 aromatic heterocycles. The number of Topliss-reactive ketones (excluding diaryl/α,β-unsaturated/α-hetero) is 2. The highest BCUT2D eigenvalue weighted by Gasteiger charge is 2.54. The van der Waals surface area contributed by atoms with Crippen molar-refractivity contribution in [3.63, 3.8) is 0 Å². The molecular weight excluding hydrogens is 1040 g/mol. The van der Waals surface area contributed by atoms with Crippen molar-refractivity contribution in [2.24, 2.45) is 0 Å². The molecule has 3 fully saturated rings. The van der Waals surface area contributed by atoms with Crippen LogP contribution in [0, 0.1) is 0 Å². The van der Waals surface area contributed by atoms with E-state index in [1.54, 1.807) is 62.4 Å². The molecule has 3 atom stereocenters. The quantitative estimate of drug-likeness (QED) is 0.141. The van der Waals surface area contributed by atoms with E-state index >= 15 is 0 Å². The van der Waals surface area contributed by atoms with Crippen molar-refractivity contribution in [1.29, 1.82) is 0 Å². The number of carbonyl (C=O) groups is 5. The van der Waals surface area contributed by atoms with Gasteiger partial charge in [-0.3, -0.25) is 24.0 Å². The Morgan fingerprint density at radius 3 is 1.37 bits per heavy atom. The second-order valence-electron chi connectivity index (χ2n) is 19.2. The number of sulfone groups is 1. The lowest BCUT2D eigenvalue weighted by Gasteiger charge is -2.51. The Morgan fingerprint density at radius 2 is 0.974 bits per heavy atom. The first-order chi connectivity index (χ1) is 36.8. The average molecular weight is 1110 g/mol. The highest BCUT2D eigenvalue weighted by atomic mass is 35.5. The molecule has 3 saturated heterocycles. The zero-order valence-corrected chi connectivity index (χ0v) is 46.0. The molecule has 9 heterocycles. The smallest absolute Gasteiger partial charge is 0.255 e. The topological polar surface area (TPSA) is 244 Å². The molecule has 3 amide bonds. The fraction of sp³-hybridized carbons (Fsp3) is 0.463. The summed E-state index contributed by atoms with van der Waals surface area (Å²) < 4.78 is 40.1. The van der Waals surface area contributed by atoms with E-state index in [1.165, 1.54) is 11.1 Å². The summed E-state index contributed by atoms with van der Waals surface area (Å²) in [7, 11) is 1.61. The monoisotopic (exact) mass is 1110 g/mol. The minimum absolute atomic E-state index is 0. The second kappa shape index (κ2) is 23.9. The van der Waals surface area contributed by atoms with E-state index < -0.39 is 26.5 Å². The van der Waals surface area contributed by atoms with Gasteiger partial charge in [-0.05, 0) is 37.8 Å². The number of anilines is 6. The van der Waals surface area contributed by atoms with Gasteiger partial charge in [0.25, 0.3) is 17.7 Å². The minimum atomic E-state index is -3.52. The van der Waals surface area contributed by atoms with Gasteiger partial charge in [-0.2, -0.15) is 9.97 Å². The van der Waals surface area contributed by atoms with Crippen LogP contribution in [0.4, 0.5) is 34.5 Å². The normalized spacial score (nSPS) is 21.9. The summed E-state index contributed by atoms with van der Waals surface area (Å²) in [5.41, 5.74) is 1.05. The molecule has 0 aliphatic carbocycles. The summed E-state index contributed by atoms with van der Waals surface area (Å²) >= 11 is 5.90. The number of amides is 3. The molecule has 6 aliphatic rings. The lowest BCUT2D eigenvalue weighted by molar-refractivity contribution is -0.129. The number of benzene rings is 2. The summed E-state index contributed by atoms with van der Waals surface area (Å²) in [5.74, 6) is 2.37. The molecule has 0 radical (unpaired) electrons. The Hall–Kier alpha value is -7.05. The van der Waals surface area contributed by atoms with Crippen LogP contribution in [-0.2, 0) is 44.9 Å². The Balaban J connectivity index is 0.000000158. The Kier molecular flexibility index (Phi) is 18.0. The van der Waals surface area contributed by atoms with Crippen LogP contribution in [0.15, 0.2) is 84.4 Å². The van der Waals surface area contributed by atoms with Gasteiger partial charge in [-0.1, -0.05) is 88.9 Å². The van der Waals surface area contributed by atoms with Gasteiger partial charge >= 0.3 is 0 Å². The number of halogens is 1. The number of hydrogen-bond acceptors (Lipinski definition) is 19. The number of likely N-dealkylation sites (N-methyl/N-ethyl adjacent to an activating group) is 3. The predicted octanol–water partition coefficient (Wildman–Crippen LogP) is 5.32. The van der Waals surface area contributed by atoms with E-state index in [-0.39, 0.29) is 60.2 Å². The summed E-state index contributed by atoms with van der Waals surface area (Å²) in [6, 6.07) is 18.4. The van der Waals surface area contributed by atoms with Gasteiger partial charge in [-0.15, -0.1) is 0 Å². The maximum Gasteiger partial charge on any atom is 0.255 e. The van der Waals surface area contributed by atoms with E-state index in [0.717, 1.165) is 11.8 Å². The van der Waals surface area contributed by atoms with Crippen LogP contribution in [-0.4, -0.2) is 171 Å². The molecule has 0 spiro atoms. The number of morpholine rings is 3. The second-order valence-corrected chi connectivity index (χ2v) is 21.5. The highest BCUT2D eigenvalue weighted by Crippen LogP contribution is 2.44. The third-order valence-electron chi connectivity index (χ3n) is 14.8. The van der Waals surface area contributed by atoms with Crippen LogP contribution in [0.3, 0.4) is 0 Å². The van der Waals surface area contributed by atoms with Crippen LogP contribution in [0.2, 0.25) is 5.28 Å². The van der Waals surface area contributed by atoms with E-state index in [0.29, 0.717) is 118 Å². The van der Waals surface area contributed by atoms with Crippen molar-refractivity contribution in [1.82, 2.24) is 29.9 Å². The Morgan fingerprint density at radius 1 is 0.590 bits per heavy atom. The van der Waals surface area contributed by atoms with Crippen LogP contribution < -0.4 is 29.4 Å². The van der Waals surface area contributed by atoms with Gasteiger partial charge in [0.15, 0.2) is 29.0 Å². The molecule has 11 rings (SSSR count). The molecule has 22 nitrogen and oxygen atoms in total. The van der Waals surface area contributed by atoms with Crippen LogP contribution in [0.25, 0.3) is 0 Å². The largest absolute Gasteiger partial charge is 0.377 e. The molecule has 2 aromatic carbocycles. The number of nitrogens with zero attached hydrogens (tertiary/aromatic N) is 12. The lowest BCUT2D eigenvalue weighted by atomic mass is 9.89. The van der Waals surface area contributed by atoms with Crippen molar-refractivity contribution >= 4 is 85.2 Å². The highest BCUT2D eigenvalue weighted by molar-refractivity contribution is 7.90. The average Bonchev–Trinajstić information content (AvgIpc) is 3.65. The van der Waals surface area contributed by atoms with Crippen molar-refractivity contribution < 1.29 is 46.6 Å². The number of hydrogen-bond donors (Lipinski definition) is 0. The summed E-state index contributed by atoms with van der Waals surface area (Å²) in [5, 5.41) is -0.0384. The van der Waals surface area contributed by atoms with Crippen molar-refractivity contribution in [3.05, 3.63) is 101 Å². The Labute approximate surface area is 460 Å². The molecule has 0 saturated carbocycles.